The molecule has 0 radical (unpaired) electrons. The topological polar surface area (TPSA) is 20.3 Å². The van der Waals surface area contributed by atoms with Crippen molar-refractivity contribution in [3.8, 4) is 0 Å². The third-order valence-electron chi connectivity index (χ3n) is 4.16. The van der Waals surface area contributed by atoms with Crippen LogP contribution in [0.25, 0.3) is 0 Å². The maximum absolute atomic E-state index is 12.2. The van der Waals surface area contributed by atoms with E-state index in [0.29, 0.717) is 10.4 Å². The van der Waals surface area contributed by atoms with Crippen molar-refractivity contribution in [2.75, 3.05) is 13.1 Å². The summed E-state index contributed by atoms with van der Waals surface area (Å²) in [5.41, 5.74) is 1.37. The van der Waals surface area contributed by atoms with Crippen LogP contribution in [0.4, 0.5) is 0 Å². The molecule has 0 atom stereocenters. The molecule has 1 aliphatic carbocycles. The van der Waals surface area contributed by atoms with Gasteiger partial charge in [0.05, 0.1) is 0 Å². The second kappa shape index (κ2) is 4.02. The van der Waals surface area contributed by atoms with Crippen molar-refractivity contribution in [1.82, 2.24) is 4.90 Å². The average Bonchev–Trinajstić information content (AvgIpc) is 3.10. The minimum atomic E-state index is 0.150. The van der Waals surface area contributed by atoms with Crippen molar-refractivity contribution in [1.29, 1.82) is 0 Å². The molecule has 1 spiro atoms. The smallest absolute Gasteiger partial charge is 0.253 e. The van der Waals surface area contributed by atoms with E-state index in [1.54, 1.807) is 12.1 Å². The van der Waals surface area contributed by atoms with Crippen molar-refractivity contribution >= 4 is 17.5 Å². The average molecular weight is 250 g/mol. The lowest BCUT2D eigenvalue weighted by Gasteiger charge is -2.32. The minimum Gasteiger partial charge on any atom is -0.339 e. The van der Waals surface area contributed by atoms with Crippen LogP contribution in [0.1, 0.15) is 36.0 Å². The molecule has 17 heavy (non-hydrogen) atoms. The van der Waals surface area contributed by atoms with Crippen molar-refractivity contribution in [3.05, 3.63) is 34.9 Å². The van der Waals surface area contributed by atoms with Crippen LogP contribution in [0.2, 0.25) is 5.02 Å². The molecule has 1 aliphatic heterocycles. The monoisotopic (exact) mass is 249 g/mol. The van der Waals surface area contributed by atoms with Crippen LogP contribution in [0, 0.1) is 5.41 Å². The van der Waals surface area contributed by atoms with Crippen LogP contribution in [0.5, 0.6) is 0 Å². The Labute approximate surface area is 107 Å². The first kappa shape index (κ1) is 11.1. The zero-order valence-corrected chi connectivity index (χ0v) is 10.5. The van der Waals surface area contributed by atoms with Crippen molar-refractivity contribution in [2.45, 2.75) is 25.7 Å². The fourth-order valence-electron chi connectivity index (χ4n) is 2.64. The highest BCUT2D eigenvalue weighted by molar-refractivity contribution is 6.30. The molecule has 1 heterocycles. The van der Waals surface area contributed by atoms with Crippen molar-refractivity contribution in [3.63, 3.8) is 0 Å². The van der Waals surface area contributed by atoms with Gasteiger partial charge in [-0.1, -0.05) is 11.6 Å². The lowest BCUT2D eigenvalue weighted by atomic mass is 9.93. The van der Waals surface area contributed by atoms with E-state index in [-0.39, 0.29) is 5.91 Å². The van der Waals surface area contributed by atoms with E-state index >= 15 is 0 Å². The normalized spacial score (nSPS) is 21.6. The Kier molecular flexibility index (Phi) is 2.62. The second-order valence-corrected chi connectivity index (χ2v) is 5.74. The third kappa shape index (κ3) is 2.19. The Balaban J connectivity index is 1.68. The predicted molar refractivity (Wildman–Crippen MR) is 68.3 cm³/mol. The molecule has 0 aromatic heterocycles. The summed E-state index contributed by atoms with van der Waals surface area (Å²) in [4.78, 5) is 14.2. The van der Waals surface area contributed by atoms with Crippen LogP contribution in [-0.4, -0.2) is 23.9 Å². The number of rotatable bonds is 1. The molecule has 3 rings (SSSR count). The number of benzene rings is 1. The van der Waals surface area contributed by atoms with E-state index in [2.05, 4.69) is 0 Å². The number of carbonyl (C=O) groups is 1. The van der Waals surface area contributed by atoms with Crippen LogP contribution in [0.15, 0.2) is 24.3 Å². The van der Waals surface area contributed by atoms with E-state index in [1.165, 1.54) is 25.7 Å². The molecular formula is C14H16ClNO. The number of nitrogens with zero attached hydrogens (tertiary/aromatic N) is 1. The van der Waals surface area contributed by atoms with Gasteiger partial charge in [0.1, 0.15) is 0 Å². The second-order valence-electron chi connectivity index (χ2n) is 5.30. The Hall–Kier alpha value is -1.02. The lowest BCUT2D eigenvalue weighted by molar-refractivity contribution is 0.0678. The Bertz CT molecular complexity index is 426. The molecule has 0 N–H and O–H groups in total. The summed E-state index contributed by atoms with van der Waals surface area (Å²) in [7, 11) is 0. The molecule has 2 aliphatic rings. The predicted octanol–water partition coefficient (Wildman–Crippen LogP) is 3.36. The molecule has 1 amide bonds. The van der Waals surface area contributed by atoms with Gasteiger partial charge >= 0.3 is 0 Å². The number of halogens is 1. The Morgan fingerprint density at radius 2 is 1.65 bits per heavy atom. The zero-order chi connectivity index (χ0) is 11.9. The fraction of sp³-hybridized carbons (Fsp3) is 0.500. The maximum atomic E-state index is 12.2. The summed E-state index contributed by atoms with van der Waals surface area (Å²) in [6, 6.07) is 7.18. The molecule has 90 valence electrons. The first-order valence-corrected chi connectivity index (χ1v) is 6.61. The summed E-state index contributed by atoms with van der Waals surface area (Å²) < 4.78 is 0. The standard InChI is InChI=1S/C14H16ClNO/c15-12-3-1-11(2-4-12)13(17)16-9-7-14(5-6-14)8-10-16/h1-4H,5-10H2. The van der Waals surface area contributed by atoms with E-state index in [9.17, 15) is 4.79 Å². The number of piperidine rings is 1. The molecular weight excluding hydrogens is 234 g/mol. The van der Waals surface area contributed by atoms with E-state index in [0.717, 1.165) is 18.7 Å². The highest BCUT2D eigenvalue weighted by Gasteiger charge is 2.45. The van der Waals surface area contributed by atoms with Gasteiger partial charge < -0.3 is 4.90 Å². The van der Waals surface area contributed by atoms with Crippen molar-refractivity contribution in [2.24, 2.45) is 5.41 Å². The van der Waals surface area contributed by atoms with Gasteiger partial charge in [0.25, 0.3) is 5.91 Å². The van der Waals surface area contributed by atoms with Gasteiger partial charge in [-0.3, -0.25) is 4.79 Å². The van der Waals surface area contributed by atoms with Gasteiger partial charge in [-0.2, -0.15) is 0 Å². The molecule has 2 fully saturated rings. The van der Waals surface area contributed by atoms with Crippen molar-refractivity contribution < 1.29 is 4.79 Å². The molecule has 0 bridgehead atoms. The van der Waals surface area contributed by atoms with Crippen LogP contribution in [-0.2, 0) is 0 Å². The van der Waals surface area contributed by atoms with Crippen LogP contribution in [0.3, 0.4) is 0 Å². The number of likely N-dealkylation sites (tertiary alicyclic amines) is 1. The zero-order valence-electron chi connectivity index (χ0n) is 9.79. The van der Waals surface area contributed by atoms with E-state index < -0.39 is 0 Å². The maximum Gasteiger partial charge on any atom is 0.253 e. The van der Waals surface area contributed by atoms with E-state index in [4.69, 9.17) is 11.6 Å². The Morgan fingerprint density at radius 3 is 2.18 bits per heavy atom. The van der Waals surface area contributed by atoms with Crippen LogP contribution >= 0.6 is 11.6 Å². The molecule has 1 aromatic rings. The first-order chi connectivity index (χ1) is 8.19. The summed E-state index contributed by atoms with van der Waals surface area (Å²) in [5.74, 6) is 0.150. The van der Waals surface area contributed by atoms with Gasteiger partial charge in [0.15, 0.2) is 0 Å². The number of carbonyl (C=O) groups excluding carboxylic acids is 1. The fourth-order valence-corrected chi connectivity index (χ4v) is 2.76. The number of amides is 1. The van der Waals surface area contributed by atoms with Gasteiger partial charge in [-0.15, -0.1) is 0 Å². The van der Waals surface area contributed by atoms with Crippen LogP contribution < -0.4 is 0 Å². The molecule has 2 nitrogen and oxygen atoms in total. The minimum absolute atomic E-state index is 0.150. The quantitative estimate of drug-likeness (QED) is 0.747. The van der Waals surface area contributed by atoms with Gasteiger partial charge in [0, 0.05) is 23.7 Å². The SMILES string of the molecule is O=C(c1ccc(Cl)cc1)N1CCC2(CC1)CC2. The molecule has 0 unspecified atom stereocenters. The largest absolute Gasteiger partial charge is 0.339 e. The number of hydrogen-bond donors (Lipinski definition) is 0. The summed E-state index contributed by atoms with van der Waals surface area (Å²) in [5, 5.41) is 0.678. The van der Waals surface area contributed by atoms with E-state index in [1.807, 2.05) is 17.0 Å². The molecule has 1 saturated carbocycles. The van der Waals surface area contributed by atoms with Gasteiger partial charge in [-0.05, 0) is 55.4 Å². The molecule has 3 heteroatoms. The molecule has 1 saturated heterocycles. The summed E-state index contributed by atoms with van der Waals surface area (Å²) in [6.45, 7) is 1.84. The third-order valence-corrected chi connectivity index (χ3v) is 4.41. The molecule has 1 aromatic carbocycles. The highest BCUT2D eigenvalue weighted by atomic mass is 35.5. The van der Waals surface area contributed by atoms with Gasteiger partial charge in [-0.25, -0.2) is 0 Å². The highest BCUT2D eigenvalue weighted by Crippen LogP contribution is 2.53. The summed E-state index contributed by atoms with van der Waals surface area (Å²) >= 11 is 5.82. The summed E-state index contributed by atoms with van der Waals surface area (Å²) in [6.07, 6.45) is 5.12. The van der Waals surface area contributed by atoms with Gasteiger partial charge in [0.2, 0.25) is 0 Å². The lowest BCUT2D eigenvalue weighted by Crippen LogP contribution is -2.39. The Morgan fingerprint density at radius 1 is 1.06 bits per heavy atom. The first-order valence-electron chi connectivity index (χ1n) is 6.23. The number of hydrogen-bond acceptors (Lipinski definition) is 1.